The molecule has 2 aromatic rings. The van der Waals surface area contributed by atoms with Gasteiger partial charge in [-0.2, -0.15) is 0 Å². The van der Waals surface area contributed by atoms with E-state index < -0.39 is 0 Å². The van der Waals surface area contributed by atoms with E-state index in [1.807, 2.05) is 6.07 Å². The molecule has 0 spiro atoms. The number of pyridine rings is 1. The van der Waals surface area contributed by atoms with Gasteiger partial charge in [0.05, 0.1) is 6.20 Å². The van der Waals surface area contributed by atoms with Gasteiger partial charge in [-0.05, 0) is 42.9 Å². The Balaban J connectivity index is 1.77. The summed E-state index contributed by atoms with van der Waals surface area (Å²) >= 11 is 0. The Bertz CT molecular complexity index is 566. The van der Waals surface area contributed by atoms with E-state index in [9.17, 15) is 4.39 Å². The molecule has 2 unspecified atom stereocenters. The first-order valence-corrected chi connectivity index (χ1v) is 7.15. The van der Waals surface area contributed by atoms with Gasteiger partial charge in [-0.25, -0.2) is 4.39 Å². The second-order valence-corrected chi connectivity index (χ2v) is 5.55. The molecule has 1 aliphatic rings. The zero-order chi connectivity index (χ0) is 13.9. The van der Waals surface area contributed by atoms with E-state index in [4.69, 9.17) is 0 Å². The monoisotopic (exact) mass is 270 g/mol. The highest BCUT2D eigenvalue weighted by molar-refractivity contribution is 5.23. The van der Waals surface area contributed by atoms with E-state index in [1.165, 1.54) is 24.6 Å². The third kappa shape index (κ3) is 3.05. The van der Waals surface area contributed by atoms with Gasteiger partial charge >= 0.3 is 0 Å². The summed E-state index contributed by atoms with van der Waals surface area (Å²) in [6.07, 6.45) is 5.50. The van der Waals surface area contributed by atoms with Crippen molar-refractivity contribution in [3.05, 3.63) is 65.7 Å². The normalized spacial score (nSPS) is 17.7. The van der Waals surface area contributed by atoms with Crippen molar-refractivity contribution < 1.29 is 4.39 Å². The van der Waals surface area contributed by atoms with E-state index in [0.717, 1.165) is 5.56 Å². The van der Waals surface area contributed by atoms with Gasteiger partial charge in [0.25, 0.3) is 0 Å². The maximum absolute atomic E-state index is 13.3. The molecule has 2 nitrogen and oxygen atoms in total. The lowest BCUT2D eigenvalue weighted by molar-refractivity contribution is 0.425. The van der Waals surface area contributed by atoms with E-state index in [-0.39, 0.29) is 11.9 Å². The molecule has 0 saturated heterocycles. The summed E-state index contributed by atoms with van der Waals surface area (Å²) in [6.45, 7) is 2.06. The average Bonchev–Trinajstić information content (AvgIpc) is 3.30. The first-order valence-electron chi connectivity index (χ1n) is 7.15. The van der Waals surface area contributed by atoms with Crippen LogP contribution >= 0.6 is 0 Å². The third-order valence-corrected chi connectivity index (χ3v) is 3.91. The van der Waals surface area contributed by atoms with Crippen LogP contribution in [0.4, 0.5) is 4.39 Å². The number of benzene rings is 1. The lowest BCUT2D eigenvalue weighted by Gasteiger charge is -2.24. The van der Waals surface area contributed by atoms with Gasteiger partial charge in [0.1, 0.15) is 5.82 Å². The molecule has 0 aliphatic heterocycles. The molecule has 2 atom stereocenters. The first-order chi connectivity index (χ1) is 9.74. The van der Waals surface area contributed by atoms with Crippen LogP contribution in [0.3, 0.4) is 0 Å². The van der Waals surface area contributed by atoms with Gasteiger partial charge in [0, 0.05) is 18.3 Å². The van der Waals surface area contributed by atoms with Crippen LogP contribution in [0.15, 0.2) is 48.8 Å². The molecule has 1 heterocycles. The molecule has 0 amide bonds. The number of hydrogen-bond acceptors (Lipinski definition) is 2. The van der Waals surface area contributed by atoms with Crippen molar-refractivity contribution in [3.8, 4) is 0 Å². The number of hydrogen-bond donors (Lipinski definition) is 1. The molecular formula is C17H19FN2. The molecule has 0 radical (unpaired) electrons. The zero-order valence-corrected chi connectivity index (χ0v) is 11.6. The maximum Gasteiger partial charge on any atom is 0.141 e. The summed E-state index contributed by atoms with van der Waals surface area (Å²) in [5.74, 6) is 0.417. The average molecular weight is 270 g/mol. The van der Waals surface area contributed by atoms with Gasteiger partial charge < -0.3 is 5.32 Å². The highest BCUT2D eigenvalue weighted by atomic mass is 19.1. The van der Waals surface area contributed by atoms with Gasteiger partial charge in [0.15, 0.2) is 0 Å². The molecule has 20 heavy (non-hydrogen) atoms. The fraction of sp³-hybridized carbons (Fsp3) is 0.353. The topological polar surface area (TPSA) is 24.9 Å². The lowest BCUT2D eigenvalue weighted by atomic mass is 10.00. The Kier molecular flexibility index (Phi) is 3.79. The third-order valence-electron chi connectivity index (χ3n) is 3.91. The standard InChI is InChI=1S/C17H19FN2/c1-12(15-9-16(18)11-19-10-15)20-17(14-7-8-14)13-5-3-2-4-6-13/h2-6,9-12,14,17,20H,7-8H2,1H3. The number of nitrogens with one attached hydrogen (secondary N) is 1. The Morgan fingerprint density at radius 2 is 1.90 bits per heavy atom. The smallest absolute Gasteiger partial charge is 0.141 e. The molecule has 1 aliphatic carbocycles. The van der Waals surface area contributed by atoms with Crippen molar-refractivity contribution in [3.63, 3.8) is 0 Å². The molecule has 1 aromatic carbocycles. The van der Waals surface area contributed by atoms with E-state index in [0.29, 0.717) is 12.0 Å². The number of halogens is 1. The van der Waals surface area contributed by atoms with E-state index in [2.05, 4.69) is 41.5 Å². The largest absolute Gasteiger partial charge is 0.303 e. The van der Waals surface area contributed by atoms with Crippen molar-refractivity contribution in [2.75, 3.05) is 0 Å². The molecule has 1 fully saturated rings. The fourth-order valence-electron chi connectivity index (χ4n) is 2.63. The van der Waals surface area contributed by atoms with Crippen LogP contribution in [-0.4, -0.2) is 4.98 Å². The minimum Gasteiger partial charge on any atom is -0.303 e. The maximum atomic E-state index is 13.3. The quantitative estimate of drug-likeness (QED) is 0.887. The van der Waals surface area contributed by atoms with E-state index >= 15 is 0 Å². The molecule has 1 N–H and O–H groups in total. The minimum atomic E-state index is -0.279. The second kappa shape index (κ2) is 5.71. The van der Waals surface area contributed by atoms with Crippen LogP contribution in [0.5, 0.6) is 0 Å². The van der Waals surface area contributed by atoms with Crippen LogP contribution in [0, 0.1) is 11.7 Å². The van der Waals surface area contributed by atoms with Gasteiger partial charge in [-0.1, -0.05) is 30.3 Å². The molecule has 3 heteroatoms. The highest BCUT2D eigenvalue weighted by Crippen LogP contribution is 2.42. The summed E-state index contributed by atoms with van der Waals surface area (Å²) in [4.78, 5) is 3.93. The van der Waals surface area contributed by atoms with Crippen molar-refractivity contribution in [1.82, 2.24) is 10.3 Å². The van der Waals surface area contributed by atoms with Crippen molar-refractivity contribution in [2.24, 2.45) is 5.92 Å². The number of rotatable bonds is 5. The van der Waals surface area contributed by atoms with Gasteiger partial charge in [-0.3, -0.25) is 4.98 Å². The van der Waals surface area contributed by atoms with Crippen molar-refractivity contribution in [1.29, 1.82) is 0 Å². The van der Waals surface area contributed by atoms with Crippen LogP contribution in [0.1, 0.15) is 43.0 Å². The Morgan fingerprint density at radius 1 is 1.15 bits per heavy atom. The fourth-order valence-corrected chi connectivity index (χ4v) is 2.63. The van der Waals surface area contributed by atoms with Gasteiger partial charge in [0.2, 0.25) is 0 Å². The minimum absolute atomic E-state index is 0.0870. The summed E-state index contributed by atoms with van der Waals surface area (Å²) in [7, 11) is 0. The van der Waals surface area contributed by atoms with Crippen LogP contribution in [-0.2, 0) is 0 Å². The SMILES string of the molecule is CC(NC(c1ccccc1)C1CC1)c1cncc(F)c1. The number of nitrogens with zero attached hydrogens (tertiary/aromatic N) is 1. The molecule has 104 valence electrons. The van der Waals surface area contributed by atoms with Gasteiger partial charge in [-0.15, -0.1) is 0 Å². The Morgan fingerprint density at radius 3 is 2.55 bits per heavy atom. The predicted octanol–water partition coefficient (Wildman–Crippen LogP) is 4.02. The first kappa shape index (κ1) is 13.3. The Labute approximate surface area is 119 Å². The zero-order valence-electron chi connectivity index (χ0n) is 11.6. The summed E-state index contributed by atoms with van der Waals surface area (Å²) < 4.78 is 13.3. The summed E-state index contributed by atoms with van der Waals surface area (Å²) in [6, 6.07) is 12.5. The lowest BCUT2D eigenvalue weighted by Crippen LogP contribution is -2.26. The molecule has 1 saturated carbocycles. The van der Waals surface area contributed by atoms with Crippen molar-refractivity contribution in [2.45, 2.75) is 31.8 Å². The predicted molar refractivity (Wildman–Crippen MR) is 77.7 cm³/mol. The highest BCUT2D eigenvalue weighted by Gasteiger charge is 2.33. The van der Waals surface area contributed by atoms with Crippen molar-refractivity contribution >= 4 is 0 Å². The van der Waals surface area contributed by atoms with E-state index in [1.54, 1.807) is 12.3 Å². The molecular weight excluding hydrogens is 251 g/mol. The number of aromatic nitrogens is 1. The summed E-state index contributed by atoms with van der Waals surface area (Å²) in [5.41, 5.74) is 2.21. The molecule has 0 bridgehead atoms. The molecule has 3 rings (SSSR count). The van der Waals surface area contributed by atoms with Crippen LogP contribution in [0.2, 0.25) is 0 Å². The Hall–Kier alpha value is -1.74. The second-order valence-electron chi connectivity index (χ2n) is 5.55. The summed E-state index contributed by atoms with van der Waals surface area (Å²) in [5, 5.41) is 3.63. The van der Waals surface area contributed by atoms with Crippen LogP contribution < -0.4 is 5.32 Å². The molecule has 1 aromatic heterocycles. The van der Waals surface area contributed by atoms with Crippen LogP contribution in [0.25, 0.3) is 0 Å².